The molecule has 1 unspecified atom stereocenters. The molecule has 0 N–H and O–H groups in total. The van der Waals surface area contributed by atoms with Crippen molar-refractivity contribution in [2.45, 2.75) is 36.3 Å². The van der Waals surface area contributed by atoms with Gasteiger partial charge >= 0.3 is 0 Å². The van der Waals surface area contributed by atoms with Crippen molar-refractivity contribution in [2.24, 2.45) is 10.3 Å². The fraction of sp³-hybridized carbons (Fsp3) is 0.875. The van der Waals surface area contributed by atoms with Gasteiger partial charge in [0.2, 0.25) is 0 Å². The van der Waals surface area contributed by atoms with Crippen molar-refractivity contribution in [3.63, 3.8) is 0 Å². The van der Waals surface area contributed by atoms with Gasteiger partial charge in [0, 0.05) is 16.9 Å². The van der Waals surface area contributed by atoms with E-state index in [0.29, 0.717) is 0 Å². The van der Waals surface area contributed by atoms with E-state index in [-0.39, 0.29) is 10.7 Å². The molecule has 0 heterocycles. The first-order valence-electron chi connectivity index (χ1n) is 3.91. The molecule has 12 heavy (non-hydrogen) atoms. The van der Waals surface area contributed by atoms with Gasteiger partial charge in [0.15, 0.2) is 0 Å². The van der Waals surface area contributed by atoms with Crippen molar-refractivity contribution in [1.29, 1.82) is 0 Å². The average molecular weight is 226 g/mol. The molecule has 0 aromatic heterocycles. The zero-order valence-corrected chi connectivity index (χ0v) is 9.80. The van der Waals surface area contributed by atoms with E-state index >= 15 is 0 Å². The summed E-state index contributed by atoms with van der Waals surface area (Å²) in [4.78, 5) is 0. The van der Waals surface area contributed by atoms with Gasteiger partial charge in [-0.05, 0) is 39.1 Å². The van der Waals surface area contributed by atoms with Crippen molar-refractivity contribution in [1.82, 2.24) is 0 Å². The van der Waals surface area contributed by atoms with Gasteiger partial charge < -0.3 is 0 Å². The maximum absolute atomic E-state index is 5.82. The molecule has 0 bridgehead atoms. The molecule has 70 valence electrons. The highest BCUT2D eigenvalue weighted by molar-refractivity contribution is 7.99. The van der Waals surface area contributed by atoms with Gasteiger partial charge in [-0.25, -0.2) is 4.40 Å². The minimum Gasteiger partial charge on any atom is -0.228 e. The van der Waals surface area contributed by atoms with E-state index in [1.165, 1.54) is 0 Å². The third-order valence-electron chi connectivity index (χ3n) is 1.44. The van der Waals surface area contributed by atoms with Crippen LogP contribution in [-0.2, 0) is 0 Å². The second kappa shape index (κ2) is 3.39. The Morgan fingerprint density at radius 3 is 2.33 bits per heavy atom. The van der Waals surface area contributed by atoms with Crippen LogP contribution in [0.25, 0.3) is 0 Å². The summed E-state index contributed by atoms with van der Waals surface area (Å²) in [5, 5.41) is 0. The maximum Gasteiger partial charge on any atom is 0.126 e. The maximum atomic E-state index is 5.82. The molecule has 0 radical (unpaired) electrons. The number of alkyl halides is 2. The lowest BCUT2D eigenvalue weighted by atomic mass is 10.3. The summed E-state index contributed by atoms with van der Waals surface area (Å²) in [7, 11) is 0. The lowest BCUT2D eigenvalue weighted by Crippen LogP contribution is -2.05. The van der Waals surface area contributed by atoms with Gasteiger partial charge in [-0.3, -0.25) is 0 Å². The molecule has 0 saturated heterocycles. The Morgan fingerprint density at radius 2 is 2.00 bits per heavy atom. The van der Waals surface area contributed by atoms with Crippen molar-refractivity contribution >= 4 is 41.4 Å². The number of nitrogens with zero attached hydrogens (tertiary/aromatic N) is 1. The molecule has 1 rings (SSSR count). The van der Waals surface area contributed by atoms with E-state index in [4.69, 9.17) is 23.2 Å². The SMILES string of the molecule is CC(C)(C)SN=CC1CC1(Cl)Cl. The fourth-order valence-electron chi connectivity index (χ4n) is 0.658. The van der Waals surface area contributed by atoms with Gasteiger partial charge in [-0.1, -0.05) is 0 Å². The fourth-order valence-corrected chi connectivity index (χ4v) is 1.63. The molecule has 4 heteroatoms. The van der Waals surface area contributed by atoms with Gasteiger partial charge in [-0.15, -0.1) is 23.2 Å². The summed E-state index contributed by atoms with van der Waals surface area (Å²) in [6, 6.07) is 0. The van der Waals surface area contributed by atoms with Crippen LogP contribution in [-0.4, -0.2) is 15.3 Å². The minimum absolute atomic E-state index is 0.173. The summed E-state index contributed by atoms with van der Waals surface area (Å²) in [6.45, 7) is 6.36. The first-order chi connectivity index (χ1) is 5.31. The topological polar surface area (TPSA) is 12.4 Å². The molecular weight excluding hydrogens is 213 g/mol. The molecule has 1 fully saturated rings. The average Bonchev–Trinajstić information content (AvgIpc) is 2.36. The lowest BCUT2D eigenvalue weighted by Gasteiger charge is -2.12. The van der Waals surface area contributed by atoms with Crippen LogP contribution in [0.3, 0.4) is 0 Å². The van der Waals surface area contributed by atoms with Crippen LogP contribution in [0.4, 0.5) is 0 Å². The summed E-state index contributed by atoms with van der Waals surface area (Å²) >= 11 is 13.2. The second-order valence-corrected chi connectivity index (χ2v) is 7.19. The van der Waals surface area contributed by atoms with Gasteiger partial charge in [-0.2, -0.15) is 0 Å². The van der Waals surface area contributed by atoms with Crippen LogP contribution < -0.4 is 0 Å². The Morgan fingerprint density at radius 1 is 1.50 bits per heavy atom. The molecule has 1 aliphatic carbocycles. The molecular formula is C8H13Cl2NS. The number of hydrogen-bond donors (Lipinski definition) is 0. The monoisotopic (exact) mass is 225 g/mol. The molecule has 0 aliphatic heterocycles. The summed E-state index contributed by atoms with van der Waals surface area (Å²) in [6.07, 6.45) is 2.69. The van der Waals surface area contributed by atoms with E-state index in [2.05, 4.69) is 25.2 Å². The van der Waals surface area contributed by atoms with E-state index in [0.717, 1.165) is 6.42 Å². The van der Waals surface area contributed by atoms with E-state index in [9.17, 15) is 0 Å². The molecule has 0 aromatic rings. The van der Waals surface area contributed by atoms with E-state index in [1.54, 1.807) is 11.9 Å². The predicted octanol–water partition coefficient (Wildman–Crippen LogP) is 3.70. The molecule has 0 amide bonds. The van der Waals surface area contributed by atoms with Crippen molar-refractivity contribution in [2.75, 3.05) is 0 Å². The standard InChI is InChI=1S/C8H13Cl2NS/c1-7(2,3)12-11-5-6-4-8(6,9)10/h5-6H,4H2,1-3H3. The Labute approximate surface area is 88.0 Å². The third kappa shape index (κ3) is 3.55. The molecule has 1 saturated carbocycles. The molecule has 1 nitrogen and oxygen atoms in total. The first-order valence-corrected chi connectivity index (χ1v) is 5.44. The number of halogens is 2. The minimum atomic E-state index is -0.526. The van der Waals surface area contributed by atoms with Gasteiger partial charge in [0.25, 0.3) is 0 Å². The second-order valence-electron chi connectivity index (χ2n) is 4.03. The van der Waals surface area contributed by atoms with E-state index < -0.39 is 4.33 Å². The predicted molar refractivity (Wildman–Crippen MR) is 58.4 cm³/mol. The van der Waals surface area contributed by atoms with E-state index in [1.807, 2.05) is 6.21 Å². The Balaban J connectivity index is 2.25. The highest BCUT2D eigenvalue weighted by atomic mass is 35.5. The highest BCUT2D eigenvalue weighted by Gasteiger charge is 2.50. The van der Waals surface area contributed by atoms with Crippen molar-refractivity contribution < 1.29 is 0 Å². The highest BCUT2D eigenvalue weighted by Crippen LogP contribution is 2.52. The number of hydrogen-bond acceptors (Lipinski definition) is 2. The Kier molecular flexibility index (Phi) is 3.02. The van der Waals surface area contributed by atoms with Gasteiger partial charge in [0.1, 0.15) is 4.33 Å². The Bertz CT molecular complexity index is 196. The largest absolute Gasteiger partial charge is 0.228 e. The van der Waals surface area contributed by atoms with Gasteiger partial charge in [0.05, 0.1) is 0 Å². The quantitative estimate of drug-likeness (QED) is 0.397. The smallest absolute Gasteiger partial charge is 0.126 e. The molecule has 0 aromatic carbocycles. The van der Waals surface area contributed by atoms with Crippen LogP contribution in [0.15, 0.2) is 4.40 Å². The Hall–Kier alpha value is 0.600. The summed E-state index contributed by atoms with van der Waals surface area (Å²) in [5.41, 5.74) is 0. The molecule has 1 aliphatic rings. The number of rotatable bonds is 2. The third-order valence-corrected chi connectivity index (χ3v) is 3.09. The van der Waals surface area contributed by atoms with Crippen LogP contribution in [0.1, 0.15) is 27.2 Å². The molecule has 1 atom stereocenters. The zero-order chi connectivity index (χ0) is 9.41. The van der Waals surface area contributed by atoms with Crippen LogP contribution >= 0.6 is 35.1 Å². The van der Waals surface area contributed by atoms with Crippen LogP contribution in [0.5, 0.6) is 0 Å². The zero-order valence-electron chi connectivity index (χ0n) is 7.47. The normalized spacial score (nSPS) is 27.9. The molecule has 0 spiro atoms. The lowest BCUT2D eigenvalue weighted by molar-refractivity contribution is 0.804. The van der Waals surface area contributed by atoms with Crippen LogP contribution in [0, 0.1) is 5.92 Å². The van der Waals surface area contributed by atoms with Crippen molar-refractivity contribution in [3.8, 4) is 0 Å². The van der Waals surface area contributed by atoms with Crippen molar-refractivity contribution in [3.05, 3.63) is 0 Å². The summed E-state index contributed by atoms with van der Waals surface area (Å²) < 4.78 is 3.87. The first kappa shape index (κ1) is 10.7. The summed E-state index contributed by atoms with van der Waals surface area (Å²) in [5.74, 6) is 0.260. The van der Waals surface area contributed by atoms with Crippen LogP contribution in [0.2, 0.25) is 0 Å².